The average Bonchev–Trinajstić information content (AvgIpc) is 2.51. The molecule has 0 aliphatic heterocycles. The third-order valence-electron chi connectivity index (χ3n) is 2.96. The first-order valence-corrected chi connectivity index (χ1v) is 6.34. The third-order valence-corrected chi connectivity index (χ3v) is 2.96. The highest BCUT2D eigenvalue weighted by Gasteiger charge is 2.04. The zero-order valence-electron chi connectivity index (χ0n) is 11.3. The van der Waals surface area contributed by atoms with Crippen LogP contribution in [0.5, 0.6) is 0 Å². The zero-order valence-corrected chi connectivity index (χ0v) is 11.3. The molecule has 0 bridgehead atoms. The Morgan fingerprint density at radius 1 is 1.10 bits per heavy atom. The Kier molecular flexibility index (Phi) is 4.79. The van der Waals surface area contributed by atoms with Crippen molar-refractivity contribution in [1.82, 2.24) is 0 Å². The van der Waals surface area contributed by atoms with Gasteiger partial charge in [0.05, 0.1) is 5.69 Å². The second-order valence-corrected chi connectivity index (χ2v) is 4.37. The highest BCUT2D eigenvalue weighted by Crippen LogP contribution is 2.18. The van der Waals surface area contributed by atoms with Crippen LogP contribution < -0.4 is 11.5 Å². The van der Waals surface area contributed by atoms with E-state index in [1.807, 2.05) is 0 Å². The summed E-state index contributed by atoms with van der Waals surface area (Å²) in [6.45, 7) is 0.104. The second kappa shape index (κ2) is 6.76. The molecular formula is C16H15F2N3. The molecule has 0 saturated heterocycles. The first-order valence-electron chi connectivity index (χ1n) is 6.34. The van der Waals surface area contributed by atoms with Crippen molar-refractivity contribution in [2.24, 2.45) is 16.5 Å². The number of aliphatic imine (C=N–C) groups is 1. The first-order chi connectivity index (χ1) is 10.1. The van der Waals surface area contributed by atoms with Crippen molar-refractivity contribution in [3.8, 4) is 0 Å². The van der Waals surface area contributed by atoms with Crippen molar-refractivity contribution >= 4 is 17.5 Å². The van der Waals surface area contributed by atoms with Crippen molar-refractivity contribution in [2.75, 3.05) is 0 Å². The molecule has 0 aromatic heterocycles. The lowest BCUT2D eigenvalue weighted by molar-refractivity contribution is 0.610. The molecule has 0 amide bonds. The summed E-state index contributed by atoms with van der Waals surface area (Å²) in [5, 5.41) is 0. The molecular weight excluding hydrogens is 272 g/mol. The molecule has 0 heterocycles. The van der Waals surface area contributed by atoms with E-state index in [0.29, 0.717) is 22.4 Å². The number of benzene rings is 2. The van der Waals surface area contributed by atoms with Crippen molar-refractivity contribution in [1.29, 1.82) is 0 Å². The summed E-state index contributed by atoms with van der Waals surface area (Å²) in [5.74, 6) is -0.678. The minimum atomic E-state index is -0.354. The number of rotatable bonds is 4. The van der Waals surface area contributed by atoms with Crippen LogP contribution in [0.15, 0.2) is 53.7 Å². The van der Waals surface area contributed by atoms with Crippen LogP contribution in [0.2, 0.25) is 0 Å². The quantitative estimate of drug-likeness (QED) is 0.848. The van der Waals surface area contributed by atoms with Crippen LogP contribution in [0.1, 0.15) is 11.1 Å². The van der Waals surface area contributed by atoms with Crippen LogP contribution in [0.25, 0.3) is 5.57 Å². The van der Waals surface area contributed by atoms with Gasteiger partial charge in [0.2, 0.25) is 0 Å². The minimum Gasteiger partial charge on any atom is -0.404 e. The predicted molar refractivity (Wildman–Crippen MR) is 81.0 cm³/mol. The molecule has 0 aliphatic carbocycles. The Balaban J connectivity index is 2.26. The summed E-state index contributed by atoms with van der Waals surface area (Å²) < 4.78 is 26.2. The van der Waals surface area contributed by atoms with Gasteiger partial charge in [0.15, 0.2) is 0 Å². The summed E-state index contributed by atoms with van der Waals surface area (Å²) in [4.78, 5) is 4.21. The lowest BCUT2D eigenvalue weighted by Crippen LogP contribution is -2.01. The van der Waals surface area contributed by atoms with E-state index in [1.165, 1.54) is 24.4 Å². The van der Waals surface area contributed by atoms with E-state index in [-0.39, 0.29) is 18.2 Å². The first kappa shape index (κ1) is 14.9. The largest absolute Gasteiger partial charge is 0.404 e. The van der Waals surface area contributed by atoms with Crippen LogP contribution in [0, 0.1) is 11.6 Å². The fraction of sp³-hybridized carbons (Fsp3) is 0.0625. The summed E-state index contributed by atoms with van der Waals surface area (Å²) in [7, 11) is 0. The van der Waals surface area contributed by atoms with E-state index in [9.17, 15) is 8.78 Å². The SMILES string of the molecule is NC=C(C=Nc1ccc(F)cc1)c1ccc(F)c(CN)c1. The van der Waals surface area contributed by atoms with Gasteiger partial charge in [-0.2, -0.15) is 0 Å². The van der Waals surface area contributed by atoms with E-state index in [2.05, 4.69) is 4.99 Å². The molecule has 0 fully saturated rings. The molecule has 2 aromatic carbocycles. The molecule has 21 heavy (non-hydrogen) atoms. The van der Waals surface area contributed by atoms with Gasteiger partial charge in [0.25, 0.3) is 0 Å². The van der Waals surface area contributed by atoms with Gasteiger partial charge >= 0.3 is 0 Å². The molecule has 3 nitrogen and oxygen atoms in total. The molecule has 0 saturated carbocycles. The molecule has 0 radical (unpaired) electrons. The molecule has 108 valence electrons. The summed E-state index contributed by atoms with van der Waals surface area (Å²) in [5.41, 5.74) is 13.4. The van der Waals surface area contributed by atoms with Gasteiger partial charge in [0, 0.05) is 30.1 Å². The van der Waals surface area contributed by atoms with E-state index in [4.69, 9.17) is 11.5 Å². The van der Waals surface area contributed by atoms with Crippen molar-refractivity contribution < 1.29 is 8.78 Å². The monoisotopic (exact) mass is 287 g/mol. The van der Waals surface area contributed by atoms with Crippen molar-refractivity contribution in [3.05, 3.63) is 71.4 Å². The van der Waals surface area contributed by atoms with E-state index >= 15 is 0 Å². The fourth-order valence-electron chi connectivity index (χ4n) is 1.80. The maximum Gasteiger partial charge on any atom is 0.127 e. The minimum absolute atomic E-state index is 0.104. The smallest absolute Gasteiger partial charge is 0.127 e. The number of nitrogens with zero attached hydrogens (tertiary/aromatic N) is 1. The Morgan fingerprint density at radius 2 is 1.81 bits per heavy atom. The predicted octanol–water partition coefficient (Wildman–Crippen LogP) is 3.13. The molecule has 0 unspecified atom stereocenters. The van der Waals surface area contributed by atoms with Gasteiger partial charge in [-0.25, -0.2) is 8.78 Å². The van der Waals surface area contributed by atoms with Crippen LogP contribution >= 0.6 is 0 Å². The van der Waals surface area contributed by atoms with Crippen molar-refractivity contribution in [3.63, 3.8) is 0 Å². The molecule has 0 spiro atoms. The highest BCUT2D eigenvalue weighted by atomic mass is 19.1. The standard InChI is InChI=1S/C16H15F2N3/c17-14-2-4-15(5-3-14)21-10-13(9-20)11-1-6-16(18)12(7-11)8-19/h1-7,9-10H,8,19-20H2. The highest BCUT2D eigenvalue weighted by molar-refractivity contribution is 6.10. The zero-order chi connectivity index (χ0) is 15.2. The van der Waals surface area contributed by atoms with E-state index < -0.39 is 0 Å². The molecule has 5 heteroatoms. The lowest BCUT2D eigenvalue weighted by atomic mass is 10.0. The maximum absolute atomic E-state index is 13.4. The van der Waals surface area contributed by atoms with Gasteiger partial charge in [-0.05, 0) is 42.0 Å². The topological polar surface area (TPSA) is 64.4 Å². The maximum atomic E-state index is 13.4. The number of hydrogen-bond acceptors (Lipinski definition) is 3. The van der Waals surface area contributed by atoms with Crippen LogP contribution in [0.3, 0.4) is 0 Å². The Bertz CT molecular complexity index is 676. The van der Waals surface area contributed by atoms with Gasteiger partial charge in [-0.3, -0.25) is 4.99 Å². The average molecular weight is 287 g/mol. The van der Waals surface area contributed by atoms with E-state index in [0.717, 1.165) is 0 Å². The van der Waals surface area contributed by atoms with Gasteiger partial charge < -0.3 is 11.5 Å². The molecule has 4 N–H and O–H groups in total. The summed E-state index contributed by atoms with van der Waals surface area (Å²) in [6.07, 6.45) is 2.92. The number of nitrogens with two attached hydrogens (primary N) is 2. The third kappa shape index (κ3) is 3.73. The molecule has 0 atom stereocenters. The van der Waals surface area contributed by atoms with E-state index in [1.54, 1.807) is 30.5 Å². The molecule has 2 aromatic rings. The number of allylic oxidation sites excluding steroid dienone is 1. The van der Waals surface area contributed by atoms with Crippen LogP contribution in [0.4, 0.5) is 14.5 Å². The molecule has 0 aliphatic rings. The summed E-state index contributed by atoms with van der Waals surface area (Å²) >= 11 is 0. The number of hydrogen-bond donors (Lipinski definition) is 2. The number of halogens is 2. The molecule has 2 rings (SSSR count). The van der Waals surface area contributed by atoms with Gasteiger partial charge in [0.1, 0.15) is 11.6 Å². The van der Waals surface area contributed by atoms with Crippen molar-refractivity contribution in [2.45, 2.75) is 6.54 Å². The Morgan fingerprint density at radius 3 is 2.43 bits per heavy atom. The normalized spacial score (nSPS) is 12.0. The summed E-state index contributed by atoms with van der Waals surface area (Å²) in [6, 6.07) is 10.3. The second-order valence-electron chi connectivity index (χ2n) is 4.37. The fourth-order valence-corrected chi connectivity index (χ4v) is 1.80. The van der Waals surface area contributed by atoms with Gasteiger partial charge in [-0.1, -0.05) is 6.07 Å². The van der Waals surface area contributed by atoms with Crippen LogP contribution in [-0.4, -0.2) is 6.21 Å². The Labute approximate surface area is 121 Å². The lowest BCUT2D eigenvalue weighted by Gasteiger charge is -2.05. The Hall–Kier alpha value is -2.53. The van der Waals surface area contributed by atoms with Gasteiger partial charge in [-0.15, -0.1) is 0 Å². The van der Waals surface area contributed by atoms with Crippen LogP contribution in [-0.2, 0) is 6.54 Å².